The second-order valence-electron chi connectivity index (χ2n) is 7.32. The Kier molecular flexibility index (Phi) is 10.0. The molecule has 0 aliphatic carbocycles. The minimum Gasteiger partial charge on any atom is -0.352 e. The maximum absolute atomic E-state index is 13.2. The molecule has 1 aromatic carbocycles. The standard InChI is InChI=1S/C20H32N4O2S2.HI/c1-3-18-16-23(13-14-27-18)20(21-2)22-15-17-9-5-6-10-19(17)28(25,26)24-11-7-4-8-12-24;/h5-6,9-10,18H,3-4,7-8,11-16H2,1-2H3,(H,21,22);1H. The average molecular weight is 553 g/mol. The molecule has 2 heterocycles. The molecular formula is C20H33IN4O2S2. The summed E-state index contributed by atoms with van der Waals surface area (Å²) in [5.41, 5.74) is 0.799. The smallest absolute Gasteiger partial charge is 0.243 e. The summed E-state index contributed by atoms with van der Waals surface area (Å²) in [6, 6.07) is 7.34. The van der Waals surface area contributed by atoms with E-state index in [2.05, 4.69) is 22.1 Å². The Labute approximate surface area is 197 Å². The Morgan fingerprint density at radius 2 is 1.93 bits per heavy atom. The molecule has 29 heavy (non-hydrogen) atoms. The maximum Gasteiger partial charge on any atom is 0.243 e. The van der Waals surface area contributed by atoms with Crippen molar-refractivity contribution in [2.45, 2.75) is 49.3 Å². The molecule has 0 spiro atoms. The first kappa shape index (κ1) is 24.7. The normalized spacial score (nSPS) is 21.5. The lowest BCUT2D eigenvalue weighted by atomic mass is 10.2. The quantitative estimate of drug-likeness (QED) is 0.345. The van der Waals surface area contributed by atoms with Gasteiger partial charge in [0.15, 0.2) is 5.96 Å². The number of nitrogens with zero attached hydrogens (tertiary/aromatic N) is 3. The molecule has 0 amide bonds. The predicted octanol–water partition coefficient (Wildman–Crippen LogP) is 3.38. The van der Waals surface area contributed by atoms with Gasteiger partial charge in [-0.25, -0.2) is 8.42 Å². The van der Waals surface area contributed by atoms with E-state index in [0.29, 0.717) is 29.8 Å². The van der Waals surface area contributed by atoms with Gasteiger partial charge in [-0.3, -0.25) is 4.99 Å². The van der Waals surface area contributed by atoms with Crippen LogP contribution in [0.5, 0.6) is 0 Å². The first-order valence-electron chi connectivity index (χ1n) is 10.2. The van der Waals surface area contributed by atoms with Gasteiger partial charge >= 0.3 is 0 Å². The molecule has 6 nitrogen and oxygen atoms in total. The zero-order chi connectivity index (χ0) is 20.0. The highest BCUT2D eigenvalue weighted by Crippen LogP contribution is 2.24. The monoisotopic (exact) mass is 552 g/mol. The number of piperidine rings is 1. The van der Waals surface area contributed by atoms with E-state index in [0.717, 1.165) is 56.0 Å². The Morgan fingerprint density at radius 3 is 2.62 bits per heavy atom. The van der Waals surface area contributed by atoms with Crippen molar-refractivity contribution in [3.8, 4) is 0 Å². The number of benzene rings is 1. The molecule has 2 fully saturated rings. The first-order chi connectivity index (χ1) is 13.6. The fourth-order valence-corrected chi connectivity index (χ4v) is 6.73. The Hall–Kier alpha value is -0.520. The summed E-state index contributed by atoms with van der Waals surface area (Å²) in [6.45, 7) is 5.86. The predicted molar refractivity (Wildman–Crippen MR) is 133 cm³/mol. The molecule has 0 aromatic heterocycles. The van der Waals surface area contributed by atoms with Crippen LogP contribution in [0, 0.1) is 0 Å². The highest BCUT2D eigenvalue weighted by Gasteiger charge is 2.28. The third-order valence-electron chi connectivity index (χ3n) is 5.45. The van der Waals surface area contributed by atoms with Gasteiger partial charge in [-0.2, -0.15) is 16.1 Å². The Balaban J connectivity index is 0.00000300. The number of sulfonamides is 1. The molecule has 0 saturated carbocycles. The summed E-state index contributed by atoms with van der Waals surface area (Å²) in [5.74, 6) is 1.95. The minimum absolute atomic E-state index is 0. The van der Waals surface area contributed by atoms with Gasteiger partial charge in [0.2, 0.25) is 10.0 Å². The van der Waals surface area contributed by atoms with Crippen molar-refractivity contribution in [3.63, 3.8) is 0 Å². The summed E-state index contributed by atoms with van der Waals surface area (Å²) >= 11 is 2.02. The maximum atomic E-state index is 13.2. The van der Waals surface area contributed by atoms with Gasteiger partial charge in [0.1, 0.15) is 0 Å². The van der Waals surface area contributed by atoms with E-state index in [9.17, 15) is 8.42 Å². The van der Waals surface area contributed by atoms with Crippen molar-refractivity contribution in [3.05, 3.63) is 29.8 Å². The zero-order valence-corrected chi connectivity index (χ0v) is 21.3. The minimum atomic E-state index is -3.45. The van der Waals surface area contributed by atoms with Gasteiger partial charge in [0, 0.05) is 50.8 Å². The highest BCUT2D eigenvalue weighted by molar-refractivity contribution is 14.0. The van der Waals surface area contributed by atoms with Crippen LogP contribution in [0.4, 0.5) is 0 Å². The topological polar surface area (TPSA) is 65.0 Å². The number of hydrogen-bond donors (Lipinski definition) is 1. The van der Waals surface area contributed by atoms with Gasteiger partial charge in [0.25, 0.3) is 0 Å². The molecule has 1 atom stereocenters. The lowest BCUT2D eigenvalue weighted by molar-refractivity contribution is 0.346. The second-order valence-corrected chi connectivity index (χ2v) is 10.6. The number of guanidine groups is 1. The van der Waals surface area contributed by atoms with Crippen LogP contribution in [0.25, 0.3) is 0 Å². The molecule has 0 bridgehead atoms. The number of hydrogen-bond acceptors (Lipinski definition) is 4. The van der Waals surface area contributed by atoms with Crippen LogP contribution in [0.1, 0.15) is 38.2 Å². The van der Waals surface area contributed by atoms with Gasteiger partial charge in [-0.1, -0.05) is 31.5 Å². The summed E-state index contributed by atoms with van der Waals surface area (Å²) in [6.07, 6.45) is 4.14. The molecule has 1 aromatic rings. The molecule has 2 aliphatic heterocycles. The fraction of sp³-hybridized carbons (Fsp3) is 0.650. The lowest BCUT2D eigenvalue weighted by Gasteiger charge is -2.34. The molecule has 2 saturated heterocycles. The first-order valence-corrected chi connectivity index (χ1v) is 12.7. The van der Waals surface area contributed by atoms with E-state index in [1.54, 1.807) is 17.4 Å². The van der Waals surface area contributed by atoms with E-state index in [1.165, 1.54) is 0 Å². The number of halogens is 1. The van der Waals surface area contributed by atoms with Crippen molar-refractivity contribution < 1.29 is 8.42 Å². The van der Waals surface area contributed by atoms with Crippen LogP contribution in [0.3, 0.4) is 0 Å². The van der Waals surface area contributed by atoms with Crippen LogP contribution >= 0.6 is 35.7 Å². The number of rotatable bonds is 5. The average Bonchev–Trinajstić information content (AvgIpc) is 2.75. The van der Waals surface area contributed by atoms with E-state index in [1.807, 2.05) is 30.0 Å². The summed E-state index contributed by atoms with van der Waals surface area (Å²) in [5, 5.41) is 4.02. The van der Waals surface area contributed by atoms with Crippen LogP contribution in [0.15, 0.2) is 34.2 Å². The van der Waals surface area contributed by atoms with Crippen LogP contribution in [-0.4, -0.2) is 67.8 Å². The van der Waals surface area contributed by atoms with Crippen LogP contribution < -0.4 is 5.32 Å². The van der Waals surface area contributed by atoms with Crippen molar-refractivity contribution in [1.29, 1.82) is 0 Å². The van der Waals surface area contributed by atoms with Crippen molar-refractivity contribution in [2.75, 3.05) is 39.0 Å². The van der Waals surface area contributed by atoms with Crippen molar-refractivity contribution in [2.24, 2.45) is 4.99 Å². The second kappa shape index (κ2) is 11.8. The van der Waals surface area contributed by atoms with E-state index in [-0.39, 0.29) is 24.0 Å². The van der Waals surface area contributed by atoms with E-state index < -0.39 is 10.0 Å². The third-order valence-corrected chi connectivity index (χ3v) is 8.82. The SMILES string of the molecule is CCC1CN(C(=NC)NCc2ccccc2S(=O)(=O)N2CCCCC2)CCS1.I. The highest BCUT2D eigenvalue weighted by atomic mass is 127. The van der Waals surface area contributed by atoms with Gasteiger partial charge < -0.3 is 10.2 Å². The third kappa shape index (κ3) is 6.24. The lowest BCUT2D eigenvalue weighted by Crippen LogP contribution is -2.47. The fourth-order valence-electron chi connectivity index (χ4n) is 3.81. The number of thioether (sulfide) groups is 1. The molecule has 1 unspecified atom stereocenters. The zero-order valence-electron chi connectivity index (χ0n) is 17.3. The number of aliphatic imine (C=N–C) groups is 1. The largest absolute Gasteiger partial charge is 0.352 e. The molecule has 2 aliphatic rings. The van der Waals surface area contributed by atoms with E-state index in [4.69, 9.17) is 0 Å². The molecule has 164 valence electrons. The Morgan fingerprint density at radius 1 is 1.21 bits per heavy atom. The van der Waals surface area contributed by atoms with Gasteiger partial charge in [-0.05, 0) is 30.9 Å². The molecule has 0 radical (unpaired) electrons. The van der Waals surface area contributed by atoms with Crippen LogP contribution in [-0.2, 0) is 16.6 Å². The van der Waals surface area contributed by atoms with Crippen LogP contribution in [0.2, 0.25) is 0 Å². The molecular weight excluding hydrogens is 519 g/mol. The molecule has 1 N–H and O–H groups in total. The van der Waals surface area contributed by atoms with Crippen molar-refractivity contribution >= 4 is 51.7 Å². The molecule has 3 rings (SSSR count). The van der Waals surface area contributed by atoms with Gasteiger partial charge in [0.05, 0.1) is 4.90 Å². The summed E-state index contributed by atoms with van der Waals surface area (Å²) in [7, 11) is -1.66. The Bertz CT molecular complexity index is 782. The summed E-state index contributed by atoms with van der Waals surface area (Å²) in [4.78, 5) is 7.14. The van der Waals surface area contributed by atoms with Crippen molar-refractivity contribution in [1.82, 2.24) is 14.5 Å². The van der Waals surface area contributed by atoms with E-state index >= 15 is 0 Å². The van der Waals surface area contributed by atoms with Gasteiger partial charge in [-0.15, -0.1) is 24.0 Å². The number of nitrogens with one attached hydrogen (secondary N) is 1. The molecule has 9 heteroatoms. The summed E-state index contributed by atoms with van der Waals surface area (Å²) < 4.78 is 28.0.